The Hall–Kier alpha value is -3.01. The minimum atomic E-state index is 0.0917. The van der Waals surface area contributed by atoms with E-state index in [4.69, 9.17) is 9.47 Å². The Morgan fingerprint density at radius 1 is 0.889 bits per heavy atom. The van der Waals surface area contributed by atoms with Crippen LogP contribution in [-0.4, -0.2) is 31.6 Å². The van der Waals surface area contributed by atoms with Gasteiger partial charge < -0.3 is 14.4 Å². The van der Waals surface area contributed by atoms with Crippen molar-refractivity contribution in [3.05, 3.63) is 71.8 Å². The van der Waals surface area contributed by atoms with E-state index in [2.05, 4.69) is 18.2 Å². The number of likely N-dealkylation sites (N-methyl/N-ethyl adjacent to an activating group) is 1. The van der Waals surface area contributed by atoms with E-state index in [1.807, 2.05) is 56.4 Å². The molecule has 3 aromatic carbocycles. The second-order valence-corrected chi connectivity index (χ2v) is 6.55. The average molecular weight is 363 g/mol. The Labute approximate surface area is 160 Å². The highest BCUT2D eigenvalue weighted by Gasteiger charge is 2.11. The number of methoxy groups -OCH3 is 1. The van der Waals surface area contributed by atoms with Gasteiger partial charge in [-0.1, -0.05) is 30.3 Å². The lowest BCUT2D eigenvalue weighted by atomic mass is 10.1. The molecule has 0 aliphatic rings. The van der Waals surface area contributed by atoms with Crippen molar-refractivity contribution in [2.24, 2.45) is 0 Å². The molecular formula is C23H25NO3. The summed E-state index contributed by atoms with van der Waals surface area (Å²) in [5, 5.41) is 2.27. The quantitative estimate of drug-likeness (QED) is 0.623. The summed E-state index contributed by atoms with van der Waals surface area (Å²) in [4.78, 5) is 14.3. The Morgan fingerprint density at radius 2 is 1.52 bits per heavy atom. The Kier molecular flexibility index (Phi) is 5.97. The van der Waals surface area contributed by atoms with Crippen molar-refractivity contribution in [3.8, 4) is 11.5 Å². The normalized spacial score (nSPS) is 10.6. The molecule has 0 bridgehead atoms. The number of hydrogen-bond acceptors (Lipinski definition) is 3. The molecule has 0 unspecified atom stereocenters. The summed E-state index contributed by atoms with van der Waals surface area (Å²) in [6, 6.07) is 20.0. The lowest BCUT2D eigenvalue weighted by molar-refractivity contribution is -0.129. The number of carbonyl (C=O) groups excluding carboxylic acids is 1. The van der Waals surface area contributed by atoms with E-state index >= 15 is 0 Å². The van der Waals surface area contributed by atoms with Gasteiger partial charge in [0, 0.05) is 13.6 Å². The summed E-state index contributed by atoms with van der Waals surface area (Å²) in [6.45, 7) is 3.17. The van der Waals surface area contributed by atoms with E-state index in [1.54, 1.807) is 12.0 Å². The molecule has 140 valence electrons. The van der Waals surface area contributed by atoms with E-state index in [1.165, 1.54) is 0 Å². The minimum Gasteiger partial charge on any atom is -0.497 e. The zero-order valence-electron chi connectivity index (χ0n) is 16.1. The van der Waals surface area contributed by atoms with E-state index in [0.717, 1.165) is 33.4 Å². The zero-order chi connectivity index (χ0) is 19.2. The fourth-order valence-corrected chi connectivity index (χ4v) is 3.04. The van der Waals surface area contributed by atoms with Crippen LogP contribution in [0.25, 0.3) is 10.8 Å². The Bertz CT molecular complexity index is 919. The summed E-state index contributed by atoms with van der Waals surface area (Å²) >= 11 is 0. The largest absolute Gasteiger partial charge is 0.497 e. The molecule has 0 heterocycles. The average Bonchev–Trinajstić information content (AvgIpc) is 2.69. The molecule has 4 nitrogen and oxygen atoms in total. The molecule has 0 fully saturated rings. The van der Waals surface area contributed by atoms with Crippen LogP contribution in [0, 0.1) is 0 Å². The van der Waals surface area contributed by atoms with Crippen LogP contribution in [0.1, 0.15) is 18.1 Å². The zero-order valence-corrected chi connectivity index (χ0v) is 16.1. The van der Waals surface area contributed by atoms with Crippen LogP contribution in [0.15, 0.2) is 60.7 Å². The van der Waals surface area contributed by atoms with Crippen LogP contribution < -0.4 is 9.47 Å². The maximum absolute atomic E-state index is 12.6. The number of rotatable bonds is 7. The standard InChI is InChI=1S/C23H25NO3/c1-4-27-21-10-6-17(7-11-21)14-23(25)24(2)16-18-5-8-20-15-22(26-3)12-9-19(20)13-18/h5-13,15H,4,14,16H2,1-3H3. The number of nitrogens with zero attached hydrogens (tertiary/aromatic N) is 1. The van der Waals surface area contributed by atoms with Gasteiger partial charge >= 0.3 is 0 Å². The fraction of sp³-hybridized carbons (Fsp3) is 0.261. The molecule has 0 aliphatic heterocycles. The number of benzene rings is 3. The van der Waals surface area contributed by atoms with Crippen molar-refractivity contribution < 1.29 is 14.3 Å². The number of hydrogen-bond donors (Lipinski definition) is 0. The van der Waals surface area contributed by atoms with Crippen molar-refractivity contribution in [2.75, 3.05) is 20.8 Å². The molecule has 4 heteroatoms. The predicted octanol–water partition coefficient (Wildman–Crippen LogP) is 4.45. The number of amides is 1. The van der Waals surface area contributed by atoms with Crippen molar-refractivity contribution in [1.82, 2.24) is 4.90 Å². The molecule has 0 atom stereocenters. The highest BCUT2D eigenvalue weighted by molar-refractivity contribution is 5.85. The van der Waals surface area contributed by atoms with Gasteiger partial charge in [-0.3, -0.25) is 4.79 Å². The first-order chi connectivity index (χ1) is 13.1. The van der Waals surface area contributed by atoms with Crippen LogP contribution in [0.4, 0.5) is 0 Å². The molecule has 0 aliphatic carbocycles. The first-order valence-electron chi connectivity index (χ1n) is 9.11. The van der Waals surface area contributed by atoms with Crippen molar-refractivity contribution >= 4 is 16.7 Å². The summed E-state index contributed by atoms with van der Waals surface area (Å²) < 4.78 is 10.7. The van der Waals surface area contributed by atoms with Gasteiger partial charge in [-0.05, 0) is 59.2 Å². The molecule has 3 aromatic rings. The highest BCUT2D eigenvalue weighted by atomic mass is 16.5. The fourth-order valence-electron chi connectivity index (χ4n) is 3.04. The first kappa shape index (κ1) is 18.8. The SMILES string of the molecule is CCOc1ccc(CC(=O)N(C)Cc2ccc3cc(OC)ccc3c2)cc1. The van der Waals surface area contributed by atoms with Gasteiger partial charge in [0.15, 0.2) is 0 Å². The van der Waals surface area contributed by atoms with E-state index in [0.29, 0.717) is 19.6 Å². The summed E-state index contributed by atoms with van der Waals surface area (Å²) in [7, 11) is 3.51. The van der Waals surface area contributed by atoms with Crippen LogP contribution in [0.2, 0.25) is 0 Å². The molecule has 3 rings (SSSR count). The van der Waals surface area contributed by atoms with Crippen LogP contribution in [0.3, 0.4) is 0 Å². The van der Waals surface area contributed by atoms with Gasteiger partial charge in [-0.15, -0.1) is 0 Å². The molecule has 0 saturated heterocycles. The Morgan fingerprint density at radius 3 is 2.22 bits per heavy atom. The van der Waals surface area contributed by atoms with Crippen LogP contribution in [0.5, 0.6) is 11.5 Å². The van der Waals surface area contributed by atoms with Gasteiger partial charge in [0.1, 0.15) is 11.5 Å². The second-order valence-electron chi connectivity index (χ2n) is 6.55. The van der Waals surface area contributed by atoms with E-state index in [-0.39, 0.29) is 5.91 Å². The van der Waals surface area contributed by atoms with Gasteiger partial charge in [0.05, 0.1) is 20.1 Å². The number of carbonyl (C=O) groups is 1. The third-order valence-corrected chi connectivity index (χ3v) is 4.55. The summed E-state index contributed by atoms with van der Waals surface area (Å²) in [5.74, 6) is 1.77. The second kappa shape index (κ2) is 8.58. The summed E-state index contributed by atoms with van der Waals surface area (Å²) in [6.07, 6.45) is 0.383. The number of fused-ring (bicyclic) bond motifs is 1. The maximum atomic E-state index is 12.6. The topological polar surface area (TPSA) is 38.8 Å². The van der Waals surface area contributed by atoms with Gasteiger partial charge in [0.2, 0.25) is 5.91 Å². The van der Waals surface area contributed by atoms with Crippen LogP contribution in [-0.2, 0) is 17.8 Å². The van der Waals surface area contributed by atoms with Crippen molar-refractivity contribution in [3.63, 3.8) is 0 Å². The lowest BCUT2D eigenvalue weighted by Crippen LogP contribution is -2.27. The van der Waals surface area contributed by atoms with E-state index in [9.17, 15) is 4.79 Å². The minimum absolute atomic E-state index is 0.0917. The maximum Gasteiger partial charge on any atom is 0.227 e. The van der Waals surface area contributed by atoms with Crippen molar-refractivity contribution in [2.45, 2.75) is 19.9 Å². The van der Waals surface area contributed by atoms with E-state index < -0.39 is 0 Å². The summed E-state index contributed by atoms with van der Waals surface area (Å²) in [5.41, 5.74) is 2.09. The third-order valence-electron chi connectivity index (χ3n) is 4.55. The molecule has 0 radical (unpaired) electrons. The molecular weight excluding hydrogens is 338 g/mol. The molecule has 0 saturated carbocycles. The lowest BCUT2D eigenvalue weighted by Gasteiger charge is -2.18. The molecule has 27 heavy (non-hydrogen) atoms. The Balaban J connectivity index is 1.64. The number of ether oxygens (including phenoxy) is 2. The highest BCUT2D eigenvalue weighted by Crippen LogP contribution is 2.22. The predicted molar refractivity (Wildman–Crippen MR) is 108 cm³/mol. The van der Waals surface area contributed by atoms with Crippen LogP contribution >= 0.6 is 0 Å². The molecule has 0 aromatic heterocycles. The monoisotopic (exact) mass is 363 g/mol. The molecule has 1 amide bonds. The molecule has 0 N–H and O–H groups in total. The smallest absolute Gasteiger partial charge is 0.227 e. The van der Waals surface area contributed by atoms with Gasteiger partial charge in [-0.2, -0.15) is 0 Å². The molecule has 0 spiro atoms. The first-order valence-corrected chi connectivity index (χ1v) is 9.11. The van der Waals surface area contributed by atoms with Gasteiger partial charge in [-0.25, -0.2) is 0 Å². The third kappa shape index (κ3) is 4.79. The van der Waals surface area contributed by atoms with Gasteiger partial charge in [0.25, 0.3) is 0 Å². The van der Waals surface area contributed by atoms with Crippen molar-refractivity contribution in [1.29, 1.82) is 0 Å².